The summed E-state index contributed by atoms with van der Waals surface area (Å²) in [6, 6.07) is 13.3. The topological polar surface area (TPSA) is 96.4 Å². The maximum atomic E-state index is 13.7. The van der Waals surface area contributed by atoms with E-state index >= 15 is 0 Å². The zero-order chi connectivity index (χ0) is 22.3. The van der Waals surface area contributed by atoms with Crippen molar-refractivity contribution in [2.24, 2.45) is 0 Å². The molecule has 8 heteroatoms. The molecule has 1 saturated heterocycles. The third-order valence-corrected chi connectivity index (χ3v) is 5.82. The van der Waals surface area contributed by atoms with Gasteiger partial charge in [-0.25, -0.2) is 0 Å². The van der Waals surface area contributed by atoms with Gasteiger partial charge in [-0.1, -0.05) is 18.2 Å². The third kappa shape index (κ3) is 2.75. The number of nitrogens with zero attached hydrogens (tertiary/aromatic N) is 2. The number of carbonyl (C=O) groups excluding carboxylic acids is 3. The minimum Gasteiger partial charge on any atom is -0.507 e. The van der Waals surface area contributed by atoms with Crippen LogP contribution in [0.4, 0.5) is 5.69 Å². The normalized spacial score (nSPS) is 21.8. The number of carbonyl (C=O) groups is 3. The van der Waals surface area contributed by atoms with Crippen LogP contribution in [0.3, 0.4) is 0 Å². The Balaban J connectivity index is 2.02. The van der Waals surface area contributed by atoms with Crippen LogP contribution in [0, 0.1) is 0 Å². The molecular weight excluding hydrogens is 400 g/mol. The molecule has 31 heavy (non-hydrogen) atoms. The number of likely N-dealkylation sites (tertiary alicyclic amines) is 1. The second kappa shape index (κ2) is 7.55. The first kappa shape index (κ1) is 20.6. The van der Waals surface area contributed by atoms with E-state index in [1.807, 2.05) is 0 Å². The molecule has 0 aliphatic carbocycles. The summed E-state index contributed by atoms with van der Waals surface area (Å²) in [4.78, 5) is 42.5. The van der Waals surface area contributed by atoms with Crippen LogP contribution in [-0.4, -0.2) is 62.0 Å². The highest BCUT2D eigenvalue weighted by molar-refractivity contribution is 6.50. The molecule has 2 heterocycles. The molecule has 8 nitrogen and oxygen atoms in total. The van der Waals surface area contributed by atoms with Gasteiger partial charge in [0.1, 0.15) is 11.5 Å². The molecule has 1 N–H and O–H groups in total. The van der Waals surface area contributed by atoms with Crippen LogP contribution in [0.15, 0.2) is 54.1 Å². The average molecular weight is 422 g/mol. The molecule has 0 radical (unpaired) electrons. The van der Waals surface area contributed by atoms with Gasteiger partial charge in [0.2, 0.25) is 0 Å². The first-order chi connectivity index (χ1) is 14.9. The third-order valence-electron chi connectivity index (χ3n) is 5.82. The number of rotatable bonds is 5. The van der Waals surface area contributed by atoms with Crippen molar-refractivity contribution in [2.75, 3.05) is 39.3 Å². The molecule has 2 aliphatic rings. The monoisotopic (exact) mass is 422 g/mol. The Kier molecular flexibility index (Phi) is 5.02. The summed E-state index contributed by atoms with van der Waals surface area (Å²) >= 11 is 0. The molecule has 4 rings (SSSR count). The molecule has 0 aromatic heterocycles. The average Bonchev–Trinajstić information content (AvgIpc) is 3.15. The summed E-state index contributed by atoms with van der Waals surface area (Å²) in [5.41, 5.74) is -0.683. The number of aliphatic hydroxyl groups excluding tert-OH is 1. The molecule has 0 bridgehead atoms. The Labute approximate surface area is 179 Å². The quantitative estimate of drug-likeness (QED) is 0.449. The van der Waals surface area contributed by atoms with Gasteiger partial charge in [0, 0.05) is 37.5 Å². The van der Waals surface area contributed by atoms with Crippen LogP contribution in [0.1, 0.15) is 11.1 Å². The molecule has 2 aromatic carbocycles. The first-order valence-electron chi connectivity index (χ1n) is 9.70. The number of ketones is 1. The number of hydrogen-bond acceptors (Lipinski definition) is 6. The highest BCUT2D eigenvalue weighted by Crippen LogP contribution is 2.53. The van der Waals surface area contributed by atoms with Crippen molar-refractivity contribution >= 4 is 29.0 Å². The van der Waals surface area contributed by atoms with Gasteiger partial charge in [0.15, 0.2) is 5.54 Å². The van der Waals surface area contributed by atoms with E-state index in [0.29, 0.717) is 22.6 Å². The van der Waals surface area contributed by atoms with Crippen LogP contribution in [0.25, 0.3) is 5.76 Å². The van der Waals surface area contributed by atoms with Crippen LogP contribution >= 0.6 is 0 Å². The molecule has 1 atom stereocenters. The molecule has 1 spiro atoms. The lowest BCUT2D eigenvalue weighted by Crippen LogP contribution is -2.52. The van der Waals surface area contributed by atoms with Gasteiger partial charge in [-0.3, -0.25) is 14.4 Å². The number of Topliss-reactive ketones (excluding diaryl/α,β-unsaturated/α-hetero) is 1. The van der Waals surface area contributed by atoms with Gasteiger partial charge >= 0.3 is 0 Å². The summed E-state index contributed by atoms with van der Waals surface area (Å²) in [7, 11) is 4.57. The van der Waals surface area contributed by atoms with Gasteiger partial charge in [-0.05, 0) is 30.3 Å². The molecule has 2 aliphatic heterocycles. The van der Waals surface area contributed by atoms with Crippen LogP contribution in [0.5, 0.6) is 5.75 Å². The number of benzene rings is 2. The Bertz CT molecular complexity index is 1110. The fourth-order valence-electron chi connectivity index (χ4n) is 4.35. The summed E-state index contributed by atoms with van der Waals surface area (Å²) in [6.45, 7) is 0.130. The van der Waals surface area contributed by atoms with Gasteiger partial charge < -0.3 is 24.4 Å². The number of ether oxygens (including phenoxy) is 2. The maximum Gasteiger partial charge on any atom is 0.296 e. The predicted octanol–water partition coefficient (Wildman–Crippen LogP) is 1.89. The van der Waals surface area contributed by atoms with E-state index in [1.54, 1.807) is 55.6 Å². The zero-order valence-corrected chi connectivity index (χ0v) is 17.4. The van der Waals surface area contributed by atoms with Crippen molar-refractivity contribution in [3.8, 4) is 5.75 Å². The fraction of sp³-hybridized carbons (Fsp3) is 0.261. The van der Waals surface area contributed by atoms with Crippen molar-refractivity contribution in [3.05, 3.63) is 65.2 Å². The van der Waals surface area contributed by atoms with Crippen molar-refractivity contribution in [1.82, 2.24) is 4.90 Å². The van der Waals surface area contributed by atoms with Crippen molar-refractivity contribution in [2.45, 2.75) is 5.54 Å². The Morgan fingerprint density at radius 1 is 1.03 bits per heavy atom. The molecule has 0 saturated carbocycles. The fourth-order valence-corrected chi connectivity index (χ4v) is 4.35. The summed E-state index contributed by atoms with van der Waals surface area (Å²) in [5, 5.41) is 11.2. The van der Waals surface area contributed by atoms with Gasteiger partial charge in [-0.2, -0.15) is 0 Å². The van der Waals surface area contributed by atoms with Crippen molar-refractivity contribution in [3.63, 3.8) is 0 Å². The summed E-state index contributed by atoms with van der Waals surface area (Å²) in [6.07, 6.45) is 0. The van der Waals surface area contributed by atoms with Gasteiger partial charge in [0.25, 0.3) is 17.6 Å². The lowest BCUT2D eigenvalue weighted by molar-refractivity contribution is -0.144. The number of para-hydroxylation sites is 1. The SMILES string of the molecule is COCCN1C(=O)C(=O)C(=C(O)c2ccc(OC)cc2)[C@]12C(=O)N(C)c1ccccc12. The lowest BCUT2D eigenvalue weighted by Gasteiger charge is -2.34. The van der Waals surface area contributed by atoms with E-state index in [9.17, 15) is 19.5 Å². The zero-order valence-electron chi connectivity index (χ0n) is 17.4. The molecule has 2 aromatic rings. The number of methoxy groups -OCH3 is 2. The number of anilines is 1. The number of hydrogen-bond donors (Lipinski definition) is 1. The van der Waals surface area contributed by atoms with E-state index < -0.39 is 28.9 Å². The Hall–Kier alpha value is -3.65. The maximum absolute atomic E-state index is 13.7. The van der Waals surface area contributed by atoms with Crippen LogP contribution in [-0.2, 0) is 24.7 Å². The number of amides is 2. The van der Waals surface area contributed by atoms with E-state index in [0.717, 1.165) is 0 Å². The first-order valence-corrected chi connectivity index (χ1v) is 9.70. The van der Waals surface area contributed by atoms with Crippen LogP contribution < -0.4 is 9.64 Å². The number of fused-ring (bicyclic) bond motifs is 2. The van der Waals surface area contributed by atoms with Crippen molar-refractivity contribution in [1.29, 1.82) is 0 Å². The lowest BCUT2D eigenvalue weighted by atomic mass is 9.82. The predicted molar refractivity (Wildman–Crippen MR) is 113 cm³/mol. The minimum atomic E-state index is -1.76. The van der Waals surface area contributed by atoms with E-state index in [4.69, 9.17) is 9.47 Å². The molecule has 1 fully saturated rings. The molecule has 2 amide bonds. The highest BCUT2D eigenvalue weighted by atomic mass is 16.5. The molecule has 0 unspecified atom stereocenters. The van der Waals surface area contributed by atoms with Gasteiger partial charge in [0.05, 0.1) is 19.3 Å². The number of likely N-dealkylation sites (N-methyl/N-ethyl adjacent to an activating group) is 1. The minimum absolute atomic E-state index is 0.00831. The Morgan fingerprint density at radius 2 is 1.71 bits per heavy atom. The molecule has 160 valence electrons. The summed E-state index contributed by atoms with van der Waals surface area (Å²) in [5.74, 6) is -2.11. The second-order valence-corrected chi connectivity index (χ2v) is 7.32. The van der Waals surface area contributed by atoms with Crippen molar-refractivity contribution < 1.29 is 29.0 Å². The smallest absolute Gasteiger partial charge is 0.296 e. The molecular formula is C23H22N2O6. The van der Waals surface area contributed by atoms with E-state index in [2.05, 4.69) is 0 Å². The second-order valence-electron chi connectivity index (χ2n) is 7.32. The van der Waals surface area contributed by atoms with E-state index in [-0.39, 0.29) is 18.7 Å². The Morgan fingerprint density at radius 3 is 2.35 bits per heavy atom. The largest absolute Gasteiger partial charge is 0.507 e. The van der Waals surface area contributed by atoms with E-state index in [1.165, 1.54) is 24.0 Å². The van der Waals surface area contributed by atoms with Gasteiger partial charge in [-0.15, -0.1) is 0 Å². The summed E-state index contributed by atoms with van der Waals surface area (Å²) < 4.78 is 10.3. The standard InChI is InChI=1S/C23H22N2O6/c1-24-17-7-5-4-6-16(17)23(22(24)29)18(20(27)21(28)25(23)12-13-30-2)19(26)14-8-10-15(31-3)11-9-14/h4-11,26H,12-13H2,1-3H3/t23-/m1/s1. The highest BCUT2D eigenvalue weighted by Gasteiger charge is 2.66. The number of aliphatic hydroxyl groups is 1. The van der Waals surface area contributed by atoms with Crippen LogP contribution in [0.2, 0.25) is 0 Å².